The van der Waals surface area contributed by atoms with Crippen molar-refractivity contribution in [3.63, 3.8) is 0 Å². The predicted octanol–water partition coefficient (Wildman–Crippen LogP) is 2.40. The molecule has 0 fully saturated rings. The number of rotatable bonds is 3. The second kappa shape index (κ2) is 7.34. The highest BCUT2D eigenvalue weighted by Crippen LogP contribution is 2.20. The van der Waals surface area contributed by atoms with Crippen LogP contribution in [0, 0.1) is 0 Å². The Hall–Kier alpha value is -0.973. The van der Waals surface area contributed by atoms with E-state index in [1.54, 1.807) is 0 Å². The molecule has 0 amide bonds. The van der Waals surface area contributed by atoms with Gasteiger partial charge in [0, 0.05) is 19.1 Å². The molecule has 0 aliphatic carbocycles. The maximum Gasteiger partial charge on any atom is 0.485 e. The molecule has 10 heteroatoms. The summed E-state index contributed by atoms with van der Waals surface area (Å²) in [6.45, 7) is 8.69. The van der Waals surface area contributed by atoms with Gasteiger partial charge in [-0.05, 0) is 19.6 Å². The third kappa shape index (κ3) is 8.81. The quantitative estimate of drug-likeness (QED) is 0.365. The molecule has 0 bridgehead atoms. The van der Waals surface area contributed by atoms with Crippen LogP contribution in [0.1, 0.15) is 13.2 Å². The number of aromatic nitrogens is 1. The van der Waals surface area contributed by atoms with Gasteiger partial charge in [-0.3, -0.25) is 0 Å². The molecular formula is C11H18F3NO4SSi. The van der Waals surface area contributed by atoms with Crippen molar-refractivity contribution in [3.05, 3.63) is 30.6 Å². The second-order valence-corrected chi connectivity index (χ2v) is 10.9. The van der Waals surface area contributed by atoms with E-state index in [4.69, 9.17) is 17.4 Å². The predicted molar refractivity (Wildman–Crippen MR) is 71.5 cm³/mol. The van der Waals surface area contributed by atoms with Crippen LogP contribution in [0.25, 0.3) is 0 Å². The molecule has 1 atom stereocenters. The molecule has 0 N–H and O–H groups in total. The fourth-order valence-corrected chi connectivity index (χ4v) is 2.37. The largest absolute Gasteiger partial charge is 0.741 e. The highest BCUT2D eigenvalue weighted by molar-refractivity contribution is 7.86. The smallest absolute Gasteiger partial charge is 0.485 e. The molecule has 1 unspecified atom stereocenters. The summed E-state index contributed by atoms with van der Waals surface area (Å²) < 4.78 is 66.9. The van der Waals surface area contributed by atoms with Gasteiger partial charge in [0.15, 0.2) is 30.8 Å². The van der Waals surface area contributed by atoms with Crippen molar-refractivity contribution in [2.75, 3.05) is 0 Å². The Kier molecular flexibility index (Phi) is 7.00. The van der Waals surface area contributed by atoms with Crippen LogP contribution in [0.2, 0.25) is 19.6 Å². The lowest BCUT2D eigenvalue weighted by atomic mass is 10.5. The van der Waals surface area contributed by atoms with E-state index in [9.17, 15) is 13.2 Å². The van der Waals surface area contributed by atoms with Crippen LogP contribution in [0.4, 0.5) is 13.2 Å². The summed E-state index contributed by atoms with van der Waals surface area (Å²) in [6.07, 6.45) is 4.21. The molecule has 0 saturated carbocycles. The molecule has 1 heterocycles. The van der Waals surface area contributed by atoms with Gasteiger partial charge in [0.2, 0.25) is 0 Å². The van der Waals surface area contributed by atoms with Crippen LogP contribution in [0.5, 0.6) is 0 Å². The molecule has 1 rings (SSSR count). The summed E-state index contributed by atoms with van der Waals surface area (Å²) in [7, 11) is -7.51. The van der Waals surface area contributed by atoms with Gasteiger partial charge in [0.05, 0.1) is 0 Å². The van der Waals surface area contributed by atoms with Gasteiger partial charge in [-0.1, -0.05) is 6.07 Å². The first-order chi connectivity index (χ1) is 9.24. The minimum absolute atomic E-state index is 0.146. The normalized spacial score (nSPS) is 14.1. The molecular weight excluding hydrogens is 327 g/mol. The van der Waals surface area contributed by atoms with Gasteiger partial charge in [-0.2, -0.15) is 17.7 Å². The van der Waals surface area contributed by atoms with E-state index in [1.165, 1.54) is 0 Å². The highest BCUT2D eigenvalue weighted by atomic mass is 32.2. The molecule has 1 aromatic heterocycles. The number of nitrogens with zero attached hydrogens (tertiary/aromatic N) is 1. The van der Waals surface area contributed by atoms with E-state index < -0.39 is 23.9 Å². The van der Waals surface area contributed by atoms with Crippen molar-refractivity contribution >= 4 is 18.4 Å². The topological polar surface area (TPSA) is 70.3 Å². The molecule has 1 aromatic rings. The van der Waals surface area contributed by atoms with Crippen molar-refractivity contribution in [2.24, 2.45) is 0 Å². The first-order valence-corrected chi connectivity index (χ1v) is 10.7. The molecule has 122 valence electrons. The summed E-state index contributed by atoms with van der Waals surface area (Å²) in [5.41, 5.74) is -5.65. The van der Waals surface area contributed by atoms with Crippen LogP contribution in [-0.4, -0.2) is 26.8 Å². The van der Waals surface area contributed by atoms with Crippen LogP contribution >= 0.6 is 0 Å². The van der Waals surface area contributed by atoms with Gasteiger partial charge < -0.3 is 8.98 Å². The van der Waals surface area contributed by atoms with E-state index in [0.717, 1.165) is 0 Å². The fraction of sp³-hybridized carbons (Fsp3) is 0.545. The van der Waals surface area contributed by atoms with Crippen molar-refractivity contribution in [1.82, 2.24) is 0 Å². The summed E-state index contributed by atoms with van der Waals surface area (Å²) in [4.78, 5) is 0. The summed E-state index contributed by atoms with van der Waals surface area (Å²) >= 11 is 0. The Morgan fingerprint density at radius 2 is 1.52 bits per heavy atom. The number of hydrogen-bond donors (Lipinski definition) is 0. The van der Waals surface area contributed by atoms with Gasteiger partial charge in [-0.15, -0.1) is 0 Å². The minimum atomic E-state index is -6.09. The minimum Gasteiger partial charge on any atom is -0.741 e. The zero-order valence-electron chi connectivity index (χ0n) is 12.1. The third-order valence-corrected chi connectivity index (χ3v) is 3.58. The monoisotopic (exact) mass is 345 g/mol. The molecule has 0 aliphatic rings. The van der Waals surface area contributed by atoms with Crippen LogP contribution in [-0.2, 0) is 14.5 Å². The lowest BCUT2D eigenvalue weighted by Gasteiger charge is -2.19. The Labute approximate surface area is 123 Å². The van der Waals surface area contributed by atoms with E-state index in [0.29, 0.717) is 0 Å². The van der Waals surface area contributed by atoms with Crippen LogP contribution in [0.3, 0.4) is 0 Å². The van der Waals surface area contributed by atoms with Crippen molar-refractivity contribution in [2.45, 2.75) is 38.3 Å². The molecule has 0 saturated heterocycles. The van der Waals surface area contributed by atoms with Gasteiger partial charge in [-0.25, -0.2) is 8.42 Å². The fourth-order valence-electron chi connectivity index (χ4n) is 1.23. The van der Waals surface area contributed by atoms with Crippen molar-refractivity contribution in [3.8, 4) is 0 Å². The highest BCUT2D eigenvalue weighted by Gasteiger charge is 2.36. The van der Waals surface area contributed by atoms with Crippen molar-refractivity contribution < 1.29 is 35.1 Å². The lowest BCUT2D eigenvalue weighted by Crippen LogP contribution is -2.43. The summed E-state index contributed by atoms with van der Waals surface area (Å²) in [6, 6.07) is 6.05. The molecule has 5 nitrogen and oxygen atoms in total. The van der Waals surface area contributed by atoms with Gasteiger partial charge >= 0.3 is 5.51 Å². The molecule has 21 heavy (non-hydrogen) atoms. The Morgan fingerprint density at radius 3 is 1.81 bits per heavy atom. The zero-order chi connectivity index (χ0) is 16.9. The molecule has 0 aromatic carbocycles. The first-order valence-electron chi connectivity index (χ1n) is 5.90. The maximum atomic E-state index is 10.7. The SMILES string of the molecule is CC(O[Si](C)(C)C)[n+]1ccccc1.O=S(=O)([O-])C(F)(F)F. The Bertz CT molecular complexity index is 529. The van der Waals surface area contributed by atoms with Crippen LogP contribution in [0.15, 0.2) is 30.6 Å². The molecule has 0 spiro atoms. The average Bonchev–Trinajstić information content (AvgIpc) is 2.26. The second-order valence-electron chi connectivity index (χ2n) is 5.05. The maximum absolute atomic E-state index is 10.7. The Balaban J connectivity index is 0.000000433. The van der Waals surface area contributed by atoms with E-state index in [2.05, 4.69) is 31.1 Å². The van der Waals surface area contributed by atoms with Crippen LogP contribution < -0.4 is 4.57 Å². The van der Waals surface area contributed by atoms with Gasteiger partial charge in [0.25, 0.3) is 6.23 Å². The number of hydrogen-bond acceptors (Lipinski definition) is 4. The number of pyridine rings is 1. The van der Waals surface area contributed by atoms with E-state index in [-0.39, 0.29) is 6.23 Å². The Morgan fingerprint density at radius 1 is 1.14 bits per heavy atom. The molecule has 0 radical (unpaired) electrons. The lowest BCUT2D eigenvalue weighted by molar-refractivity contribution is -0.751. The number of halogens is 3. The van der Waals surface area contributed by atoms with E-state index >= 15 is 0 Å². The summed E-state index contributed by atoms with van der Waals surface area (Å²) in [5, 5.41) is 0. The number of alkyl halides is 3. The van der Waals surface area contributed by atoms with Crippen molar-refractivity contribution in [1.29, 1.82) is 0 Å². The van der Waals surface area contributed by atoms with Gasteiger partial charge in [0.1, 0.15) is 0 Å². The first kappa shape index (κ1) is 20.0. The standard InChI is InChI=1S/C10H18NOSi.CHF3O3S/c1-10(12-13(2,3)4)11-8-6-5-7-9-11;2-1(3,4)8(5,6)7/h5-10H,1-4H3;(H,5,6,7)/q+1;/p-1. The zero-order valence-corrected chi connectivity index (χ0v) is 13.9. The molecule has 0 aliphatic heterocycles. The average molecular weight is 345 g/mol. The third-order valence-electron chi connectivity index (χ3n) is 1.97. The summed E-state index contributed by atoms with van der Waals surface area (Å²) in [5.74, 6) is 0. The van der Waals surface area contributed by atoms with E-state index in [1.807, 2.05) is 30.6 Å².